The lowest BCUT2D eigenvalue weighted by Crippen LogP contribution is -2.15. The minimum absolute atomic E-state index is 0.00391. The molecule has 3 aromatic rings. The van der Waals surface area contributed by atoms with Gasteiger partial charge in [0.2, 0.25) is 11.1 Å². The summed E-state index contributed by atoms with van der Waals surface area (Å²) in [7, 11) is 1.52. The van der Waals surface area contributed by atoms with Gasteiger partial charge in [-0.05, 0) is 24.3 Å². The van der Waals surface area contributed by atoms with E-state index in [9.17, 15) is 14.9 Å². The highest BCUT2D eigenvalue weighted by atomic mass is 35.5. The second-order valence-electron chi connectivity index (χ2n) is 5.75. The maximum Gasteiger partial charge on any atom is 0.270 e. The number of nitrogens with zero attached hydrogens (tertiary/aromatic N) is 4. The van der Waals surface area contributed by atoms with Crippen LogP contribution < -0.4 is 10.1 Å². The average molecular weight is 445 g/mol. The first-order valence-corrected chi connectivity index (χ1v) is 9.65. The average Bonchev–Trinajstić information content (AvgIpc) is 3.21. The molecule has 10 nitrogen and oxygen atoms in total. The fraction of sp³-hybridized carbons (Fsp3) is 0.111. The van der Waals surface area contributed by atoms with Gasteiger partial charge in [0.05, 0.1) is 34.6 Å². The van der Waals surface area contributed by atoms with Crippen LogP contribution >= 0.6 is 23.4 Å². The molecule has 12 heteroatoms. The minimum Gasteiger partial charge on any atom is -0.496 e. The zero-order valence-corrected chi connectivity index (χ0v) is 17.0. The van der Waals surface area contributed by atoms with E-state index in [1.807, 2.05) is 6.07 Å². The van der Waals surface area contributed by atoms with Gasteiger partial charge in [-0.3, -0.25) is 20.0 Å². The van der Waals surface area contributed by atoms with Gasteiger partial charge in [0.25, 0.3) is 5.69 Å². The molecule has 0 saturated heterocycles. The molecule has 0 atom stereocenters. The number of nitro benzene ring substituents is 1. The van der Waals surface area contributed by atoms with Crippen LogP contribution in [0, 0.1) is 21.4 Å². The van der Waals surface area contributed by atoms with E-state index in [1.165, 1.54) is 19.2 Å². The lowest BCUT2D eigenvalue weighted by molar-refractivity contribution is -0.384. The fourth-order valence-electron chi connectivity index (χ4n) is 2.46. The maximum atomic E-state index is 12.2. The predicted octanol–water partition coefficient (Wildman–Crippen LogP) is 3.64. The smallest absolute Gasteiger partial charge is 0.270 e. The molecule has 2 N–H and O–H groups in total. The third-order valence-corrected chi connectivity index (χ3v) is 4.90. The highest BCUT2D eigenvalue weighted by Gasteiger charge is 2.15. The number of aromatic nitrogens is 3. The summed E-state index contributed by atoms with van der Waals surface area (Å²) in [5, 5.41) is 30.2. The number of carbonyl (C=O) groups excluding carboxylic acids is 1. The van der Waals surface area contributed by atoms with Gasteiger partial charge in [-0.15, -0.1) is 5.10 Å². The second-order valence-corrected chi connectivity index (χ2v) is 7.13. The third kappa shape index (κ3) is 4.86. The number of hydrogen-bond acceptors (Lipinski definition) is 8. The fourth-order valence-corrected chi connectivity index (χ4v) is 3.23. The molecule has 0 aliphatic heterocycles. The molecule has 2 aromatic carbocycles. The van der Waals surface area contributed by atoms with Crippen molar-refractivity contribution in [3.8, 4) is 23.2 Å². The van der Waals surface area contributed by atoms with Gasteiger partial charge < -0.3 is 10.1 Å². The molecule has 1 aromatic heterocycles. The Morgan fingerprint density at radius 2 is 2.20 bits per heavy atom. The van der Waals surface area contributed by atoms with E-state index < -0.39 is 10.8 Å². The standard InChI is InChI=1S/C18H13ClN6O4S/c1-29-15-5-2-11(19)7-13(15)17-22-18(24-23-17)30-9-16(26)21-14-4-3-12(25(27)28)6-10(14)8-20/h2-7H,9H2,1H3,(H,21,26)(H,22,23,24). The van der Waals surface area contributed by atoms with Gasteiger partial charge in [-0.25, -0.2) is 4.98 Å². The first-order chi connectivity index (χ1) is 14.4. The molecule has 30 heavy (non-hydrogen) atoms. The van der Waals surface area contributed by atoms with Crippen LogP contribution in [0.1, 0.15) is 5.56 Å². The molecule has 0 radical (unpaired) electrons. The van der Waals surface area contributed by atoms with Crippen molar-refractivity contribution in [1.29, 1.82) is 5.26 Å². The van der Waals surface area contributed by atoms with E-state index in [0.717, 1.165) is 17.8 Å². The number of non-ortho nitro benzene ring substituents is 1. The number of hydrogen-bond donors (Lipinski definition) is 2. The summed E-state index contributed by atoms with van der Waals surface area (Å²) in [6, 6.07) is 10.5. The van der Waals surface area contributed by atoms with Crippen molar-refractivity contribution < 1.29 is 14.5 Å². The number of aromatic amines is 1. The van der Waals surface area contributed by atoms with E-state index in [0.29, 0.717) is 27.3 Å². The van der Waals surface area contributed by atoms with E-state index in [2.05, 4.69) is 20.5 Å². The summed E-state index contributed by atoms with van der Waals surface area (Å²) >= 11 is 7.10. The lowest BCUT2D eigenvalue weighted by atomic mass is 10.1. The van der Waals surface area contributed by atoms with Crippen LogP contribution in [0.15, 0.2) is 41.6 Å². The van der Waals surface area contributed by atoms with Crippen molar-refractivity contribution in [1.82, 2.24) is 15.2 Å². The summed E-state index contributed by atoms with van der Waals surface area (Å²) in [5.41, 5.74) is 0.575. The van der Waals surface area contributed by atoms with Crippen molar-refractivity contribution in [3.63, 3.8) is 0 Å². The summed E-state index contributed by atoms with van der Waals surface area (Å²) in [4.78, 5) is 26.7. The summed E-state index contributed by atoms with van der Waals surface area (Å²) in [6.07, 6.45) is 0. The molecule has 0 aliphatic rings. The molecule has 0 unspecified atom stereocenters. The van der Waals surface area contributed by atoms with Crippen molar-refractivity contribution in [2.75, 3.05) is 18.2 Å². The molecule has 3 rings (SSSR count). The van der Waals surface area contributed by atoms with Gasteiger partial charge in [0.1, 0.15) is 11.8 Å². The van der Waals surface area contributed by atoms with E-state index >= 15 is 0 Å². The topological polar surface area (TPSA) is 147 Å². The van der Waals surface area contributed by atoms with Crippen molar-refractivity contribution in [2.45, 2.75) is 5.16 Å². The van der Waals surface area contributed by atoms with E-state index in [-0.39, 0.29) is 22.7 Å². The first kappa shape index (κ1) is 21.1. The highest BCUT2D eigenvalue weighted by Crippen LogP contribution is 2.31. The lowest BCUT2D eigenvalue weighted by Gasteiger charge is -2.06. The summed E-state index contributed by atoms with van der Waals surface area (Å²) in [5.74, 6) is 0.537. The summed E-state index contributed by atoms with van der Waals surface area (Å²) in [6.45, 7) is 0. The van der Waals surface area contributed by atoms with Crippen LogP contribution in [0.3, 0.4) is 0 Å². The van der Waals surface area contributed by atoms with Crippen LogP contribution in [0.2, 0.25) is 5.02 Å². The Bertz CT molecular complexity index is 1160. The Kier molecular flexibility index (Phi) is 6.51. The number of methoxy groups -OCH3 is 1. The Labute approximate surface area is 179 Å². The van der Waals surface area contributed by atoms with Crippen LogP contribution in [0.5, 0.6) is 5.75 Å². The number of nitriles is 1. The molecule has 0 spiro atoms. The number of nitrogens with one attached hydrogen (secondary N) is 2. The molecular weight excluding hydrogens is 432 g/mol. The largest absolute Gasteiger partial charge is 0.496 e. The van der Waals surface area contributed by atoms with Crippen LogP contribution in [0.4, 0.5) is 11.4 Å². The van der Waals surface area contributed by atoms with Gasteiger partial charge in [0.15, 0.2) is 5.82 Å². The number of carbonyl (C=O) groups is 1. The van der Waals surface area contributed by atoms with Crippen molar-refractivity contribution >= 4 is 40.6 Å². The number of halogens is 1. The molecule has 152 valence electrons. The number of thioether (sulfide) groups is 1. The zero-order valence-electron chi connectivity index (χ0n) is 15.4. The van der Waals surface area contributed by atoms with Crippen molar-refractivity contribution in [2.24, 2.45) is 0 Å². The second kappa shape index (κ2) is 9.25. The Hall–Kier alpha value is -3.62. The van der Waals surface area contributed by atoms with E-state index in [4.69, 9.17) is 21.6 Å². The first-order valence-electron chi connectivity index (χ1n) is 8.28. The SMILES string of the molecule is COc1ccc(Cl)cc1-c1nc(SCC(=O)Nc2ccc([N+](=O)[O-])cc2C#N)n[nH]1. The summed E-state index contributed by atoms with van der Waals surface area (Å²) < 4.78 is 5.29. The van der Waals surface area contributed by atoms with Gasteiger partial charge in [-0.2, -0.15) is 5.26 Å². The number of ether oxygens (including phenoxy) is 1. The maximum absolute atomic E-state index is 12.2. The third-order valence-electron chi connectivity index (χ3n) is 3.82. The van der Waals surface area contributed by atoms with Crippen molar-refractivity contribution in [3.05, 3.63) is 57.1 Å². The minimum atomic E-state index is -0.613. The normalized spacial score (nSPS) is 10.3. The number of nitro groups is 1. The molecule has 0 bridgehead atoms. The van der Waals surface area contributed by atoms with Crippen LogP contribution in [-0.2, 0) is 4.79 Å². The highest BCUT2D eigenvalue weighted by molar-refractivity contribution is 7.99. The monoisotopic (exact) mass is 444 g/mol. The molecular formula is C18H13ClN6O4S. The van der Waals surface area contributed by atoms with Crippen LogP contribution in [-0.4, -0.2) is 38.9 Å². The molecule has 1 heterocycles. The van der Waals surface area contributed by atoms with Gasteiger partial charge in [-0.1, -0.05) is 23.4 Å². The Morgan fingerprint density at radius 3 is 2.90 bits per heavy atom. The molecule has 1 amide bonds. The van der Waals surface area contributed by atoms with Gasteiger partial charge in [0, 0.05) is 17.2 Å². The predicted molar refractivity (Wildman–Crippen MR) is 111 cm³/mol. The quantitative estimate of drug-likeness (QED) is 0.319. The number of benzene rings is 2. The number of rotatable bonds is 7. The zero-order chi connectivity index (χ0) is 21.7. The number of anilines is 1. The Morgan fingerprint density at radius 1 is 1.40 bits per heavy atom. The molecule has 0 saturated carbocycles. The van der Waals surface area contributed by atoms with E-state index in [1.54, 1.807) is 18.2 Å². The van der Waals surface area contributed by atoms with Gasteiger partial charge >= 0.3 is 0 Å². The van der Waals surface area contributed by atoms with Crippen LogP contribution in [0.25, 0.3) is 11.4 Å². The number of H-pyrrole nitrogens is 1. The molecule has 0 fully saturated rings. The number of amides is 1. The molecule has 0 aliphatic carbocycles. The Balaban J connectivity index is 1.66.